The maximum Gasteiger partial charge on any atom is 0.338 e. The molecule has 0 bridgehead atoms. The highest BCUT2D eigenvalue weighted by molar-refractivity contribution is 5.96. The third-order valence-electron chi connectivity index (χ3n) is 2.40. The van der Waals surface area contributed by atoms with Crippen LogP contribution in [0.4, 0.5) is 0 Å². The van der Waals surface area contributed by atoms with E-state index >= 15 is 0 Å². The predicted molar refractivity (Wildman–Crippen MR) is 65.1 cm³/mol. The molecule has 2 atom stereocenters. The summed E-state index contributed by atoms with van der Waals surface area (Å²) in [5.74, 6) is -1.16. The quantitative estimate of drug-likeness (QED) is 0.332. The summed E-state index contributed by atoms with van der Waals surface area (Å²) in [6.07, 6.45) is -3.19. The molecule has 2 unspecified atom stereocenters. The molecule has 0 amide bonds. The lowest BCUT2D eigenvalue weighted by Gasteiger charge is -2.19. The highest BCUT2D eigenvalue weighted by Gasteiger charge is 2.28. The number of carbonyl (C=O) groups is 1. The number of nitrogen functional groups attached to an aromatic ring is 1. The number of amidine groups is 1. The largest absolute Gasteiger partial charge is 0.464 e. The van der Waals surface area contributed by atoms with Gasteiger partial charge in [-0.25, -0.2) is 4.79 Å². The molecule has 1 rings (SSSR count). The second-order valence-corrected chi connectivity index (χ2v) is 3.64. The molecule has 0 heterocycles. The zero-order valence-electron chi connectivity index (χ0n) is 9.96. The number of aliphatic hydroxyl groups is 2. The van der Waals surface area contributed by atoms with E-state index in [9.17, 15) is 15.0 Å². The van der Waals surface area contributed by atoms with Gasteiger partial charge in [0.25, 0.3) is 0 Å². The smallest absolute Gasteiger partial charge is 0.338 e. The fourth-order valence-corrected chi connectivity index (χ4v) is 1.53. The summed E-state index contributed by atoms with van der Waals surface area (Å²) < 4.78 is 4.61. The van der Waals surface area contributed by atoms with Gasteiger partial charge in [-0.3, -0.25) is 5.41 Å². The van der Waals surface area contributed by atoms with Crippen LogP contribution in [0.15, 0.2) is 24.3 Å². The highest BCUT2D eigenvalue weighted by atomic mass is 16.5. The fraction of sp³-hybridized carbons (Fsp3) is 0.333. The van der Waals surface area contributed by atoms with Crippen LogP contribution >= 0.6 is 0 Å². The van der Waals surface area contributed by atoms with E-state index in [0.29, 0.717) is 0 Å². The Labute approximate surface area is 105 Å². The Kier molecular flexibility index (Phi) is 4.82. The van der Waals surface area contributed by atoms with Crippen molar-refractivity contribution in [2.75, 3.05) is 6.61 Å². The molecule has 1 aromatic carbocycles. The van der Waals surface area contributed by atoms with Gasteiger partial charge in [0.2, 0.25) is 0 Å². The number of carbonyl (C=O) groups excluding carboxylic acids is 1. The van der Waals surface area contributed by atoms with Gasteiger partial charge < -0.3 is 20.7 Å². The molecule has 0 spiro atoms. The van der Waals surface area contributed by atoms with Crippen LogP contribution in [0, 0.1) is 5.41 Å². The molecule has 18 heavy (non-hydrogen) atoms. The molecule has 0 radical (unpaired) electrons. The van der Waals surface area contributed by atoms with Crippen molar-refractivity contribution in [2.45, 2.75) is 19.1 Å². The van der Waals surface area contributed by atoms with E-state index in [1.165, 1.54) is 12.1 Å². The molecule has 0 aromatic heterocycles. The van der Waals surface area contributed by atoms with Gasteiger partial charge in [-0.1, -0.05) is 24.3 Å². The molecular weight excluding hydrogens is 236 g/mol. The standard InChI is InChI=1S/C12H16N2O4/c1-2-18-12(17)10(16)9(15)7-5-3-4-6-8(7)11(13)14/h3-6,9-10,15-16H,2H2,1H3,(H3,13,14). The van der Waals surface area contributed by atoms with Crippen LogP contribution in [0.2, 0.25) is 0 Å². The number of nitrogens with one attached hydrogen (secondary N) is 1. The van der Waals surface area contributed by atoms with Gasteiger partial charge in [-0.15, -0.1) is 0 Å². The second kappa shape index (κ2) is 6.13. The van der Waals surface area contributed by atoms with Crippen LogP contribution < -0.4 is 5.73 Å². The summed E-state index contributed by atoms with van der Waals surface area (Å²) in [5.41, 5.74) is 5.85. The summed E-state index contributed by atoms with van der Waals surface area (Å²) in [4.78, 5) is 11.3. The van der Waals surface area contributed by atoms with Crippen LogP contribution in [-0.2, 0) is 9.53 Å². The number of hydrogen-bond acceptors (Lipinski definition) is 5. The topological polar surface area (TPSA) is 117 Å². The van der Waals surface area contributed by atoms with Gasteiger partial charge >= 0.3 is 5.97 Å². The van der Waals surface area contributed by atoms with Crippen molar-refractivity contribution < 1.29 is 19.7 Å². The van der Waals surface area contributed by atoms with E-state index in [1.807, 2.05) is 0 Å². The summed E-state index contributed by atoms with van der Waals surface area (Å²) in [6.45, 7) is 1.71. The number of ether oxygens (including phenoxy) is 1. The summed E-state index contributed by atoms with van der Waals surface area (Å²) in [6, 6.07) is 6.27. The Balaban J connectivity index is 2.99. The van der Waals surface area contributed by atoms with Crippen molar-refractivity contribution in [3.8, 4) is 0 Å². The van der Waals surface area contributed by atoms with Crippen molar-refractivity contribution in [2.24, 2.45) is 5.73 Å². The van der Waals surface area contributed by atoms with Crippen molar-refractivity contribution in [3.05, 3.63) is 35.4 Å². The Morgan fingerprint density at radius 3 is 2.61 bits per heavy atom. The van der Waals surface area contributed by atoms with Crippen molar-refractivity contribution in [1.82, 2.24) is 0 Å². The van der Waals surface area contributed by atoms with Crippen LogP contribution in [0.25, 0.3) is 0 Å². The molecule has 0 fully saturated rings. The van der Waals surface area contributed by atoms with E-state index in [2.05, 4.69) is 4.74 Å². The summed E-state index contributed by atoms with van der Waals surface area (Å²) in [5, 5.41) is 26.9. The van der Waals surface area contributed by atoms with Gasteiger partial charge in [-0.05, 0) is 12.5 Å². The van der Waals surface area contributed by atoms with Gasteiger partial charge in [0.1, 0.15) is 11.9 Å². The third kappa shape index (κ3) is 3.06. The molecule has 0 aliphatic heterocycles. The first-order valence-electron chi connectivity index (χ1n) is 5.45. The lowest BCUT2D eigenvalue weighted by molar-refractivity contribution is -0.159. The second-order valence-electron chi connectivity index (χ2n) is 3.64. The third-order valence-corrected chi connectivity index (χ3v) is 2.40. The first-order valence-corrected chi connectivity index (χ1v) is 5.45. The molecule has 98 valence electrons. The van der Waals surface area contributed by atoms with Crippen LogP contribution in [-0.4, -0.2) is 34.7 Å². The van der Waals surface area contributed by atoms with E-state index < -0.39 is 18.2 Å². The normalized spacial score (nSPS) is 13.7. The van der Waals surface area contributed by atoms with Gasteiger partial charge in [-0.2, -0.15) is 0 Å². The Hall–Kier alpha value is -1.92. The minimum absolute atomic E-state index is 0.108. The molecule has 0 saturated heterocycles. The molecule has 0 aliphatic carbocycles. The van der Waals surface area contributed by atoms with E-state index in [-0.39, 0.29) is 23.6 Å². The van der Waals surface area contributed by atoms with E-state index in [0.717, 1.165) is 0 Å². The summed E-state index contributed by atoms with van der Waals surface area (Å²) >= 11 is 0. The molecule has 0 aliphatic rings. The summed E-state index contributed by atoms with van der Waals surface area (Å²) in [7, 11) is 0. The number of benzene rings is 1. The van der Waals surface area contributed by atoms with Crippen molar-refractivity contribution in [1.29, 1.82) is 5.41 Å². The minimum atomic E-state index is -1.70. The highest BCUT2D eigenvalue weighted by Crippen LogP contribution is 2.21. The number of nitrogens with two attached hydrogens (primary N) is 1. The average Bonchev–Trinajstić information content (AvgIpc) is 2.37. The maximum absolute atomic E-state index is 11.3. The average molecular weight is 252 g/mol. The minimum Gasteiger partial charge on any atom is -0.464 e. The first-order chi connectivity index (χ1) is 8.49. The Bertz CT molecular complexity index is 447. The molecule has 6 heteroatoms. The van der Waals surface area contributed by atoms with Crippen LogP contribution in [0.5, 0.6) is 0 Å². The zero-order valence-corrected chi connectivity index (χ0v) is 9.96. The lowest BCUT2D eigenvalue weighted by atomic mass is 9.98. The lowest BCUT2D eigenvalue weighted by Crippen LogP contribution is -2.31. The van der Waals surface area contributed by atoms with Gasteiger partial charge in [0.15, 0.2) is 6.10 Å². The van der Waals surface area contributed by atoms with Crippen molar-refractivity contribution >= 4 is 11.8 Å². The number of aliphatic hydroxyl groups excluding tert-OH is 2. The Morgan fingerprint density at radius 2 is 2.06 bits per heavy atom. The number of rotatable bonds is 5. The van der Waals surface area contributed by atoms with E-state index in [1.54, 1.807) is 19.1 Å². The molecular formula is C12H16N2O4. The first kappa shape index (κ1) is 14.1. The van der Waals surface area contributed by atoms with E-state index in [4.69, 9.17) is 11.1 Å². The van der Waals surface area contributed by atoms with Crippen LogP contribution in [0.1, 0.15) is 24.2 Å². The fourth-order valence-electron chi connectivity index (χ4n) is 1.53. The number of hydrogen-bond donors (Lipinski definition) is 4. The molecule has 1 aromatic rings. The van der Waals surface area contributed by atoms with Crippen molar-refractivity contribution in [3.63, 3.8) is 0 Å². The maximum atomic E-state index is 11.3. The number of esters is 1. The zero-order chi connectivity index (χ0) is 13.7. The van der Waals surface area contributed by atoms with Gasteiger partial charge in [0.05, 0.1) is 6.61 Å². The monoisotopic (exact) mass is 252 g/mol. The Morgan fingerprint density at radius 1 is 1.44 bits per heavy atom. The van der Waals surface area contributed by atoms with Crippen LogP contribution in [0.3, 0.4) is 0 Å². The molecule has 0 saturated carbocycles. The molecule has 5 N–H and O–H groups in total. The van der Waals surface area contributed by atoms with Gasteiger partial charge in [0, 0.05) is 5.56 Å². The SMILES string of the molecule is CCOC(=O)C(O)C(O)c1ccccc1C(=N)N. The predicted octanol–water partition coefficient (Wildman–Crippen LogP) is -0.0719. The molecule has 6 nitrogen and oxygen atoms in total.